The van der Waals surface area contributed by atoms with Crippen LogP contribution in [0.4, 0.5) is 0 Å². The van der Waals surface area contributed by atoms with Gasteiger partial charge in [-0.2, -0.15) is 0 Å². The molecule has 2 heteroatoms. The Balaban J connectivity index is 2.08. The number of rotatable bonds is 5. The summed E-state index contributed by atoms with van der Waals surface area (Å²) < 4.78 is 11.1. The summed E-state index contributed by atoms with van der Waals surface area (Å²) in [7, 11) is 1.65. The summed E-state index contributed by atoms with van der Waals surface area (Å²) >= 11 is 0. The molecule has 0 saturated heterocycles. The molecule has 22 heavy (non-hydrogen) atoms. The molecular formula is C20H18O2. The van der Waals surface area contributed by atoms with Gasteiger partial charge in [-0.3, -0.25) is 0 Å². The fraction of sp³-hybridized carbons (Fsp3) is 0.100. The summed E-state index contributed by atoms with van der Waals surface area (Å²) in [6.07, 6.45) is 1.73. The van der Waals surface area contributed by atoms with Crippen molar-refractivity contribution in [2.45, 2.75) is 0 Å². The van der Waals surface area contributed by atoms with E-state index in [-0.39, 0.29) is 0 Å². The smallest absolute Gasteiger partial charge is 0.162 e. The van der Waals surface area contributed by atoms with Gasteiger partial charge in [-0.25, -0.2) is 0 Å². The minimum atomic E-state index is 0.459. The average molecular weight is 290 g/mol. The summed E-state index contributed by atoms with van der Waals surface area (Å²) in [5.74, 6) is 1.47. The van der Waals surface area contributed by atoms with E-state index in [9.17, 15) is 0 Å². The van der Waals surface area contributed by atoms with Crippen molar-refractivity contribution in [3.05, 3.63) is 73.3 Å². The van der Waals surface area contributed by atoms with Crippen LogP contribution < -0.4 is 9.47 Å². The lowest BCUT2D eigenvalue weighted by Gasteiger charge is -2.12. The quantitative estimate of drug-likeness (QED) is 0.610. The topological polar surface area (TPSA) is 18.5 Å². The highest BCUT2D eigenvalue weighted by atomic mass is 16.5. The maximum absolute atomic E-state index is 5.69. The van der Waals surface area contributed by atoms with Crippen LogP contribution in [0.3, 0.4) is 0 Å². The van der Waals surface area contributed by atoms with Crippen LogP contribution in [0.25, 0.3) is 21.9 Å². The summed E-state index contributed by atoms with van der Waals surface area (Å²) in [5.41, 5.74) is 2.39. The van der Waals surface area contributed by atoms with Gasteiger partial charge >= 0.3 is 0 Å². The molecule has 0 heterocycles. The molecule has 0 atom stereocenters. The first kappa shape index (κ1) is 14.2. The molecule has 3 rings (SSSR count). The van der Waals surface area contributed by atoms with Gasteiger partial charge in [-0.1, -0.05) is 55.1 Å². The lowest BCUT2D eigenvalue weighted by molar-refractivity contribution is 0.327. The molecule has 0 aliphatic rings. The summed E-state index contributed by atoms with van der Waals surface area (Å²) in [5, 5.41) is 2.25. The molecule has 0 amide bonds. The monoisotopic (exact) mass is 290 g/mol. The Hall–Kier alpha value is -2.74. The highest BCUT2D eigenvalue weighted by Gasteiger charge is 2.07. The first-order valence-electron chi connectivity index (χ1n) is 7.23. The number of hydrogen-bond acceptors (Lipinski definition) is 2. The van der Waals surface area contributed by atoms with Crippen molar-refractivity contribution < 1.29 is 9.47 Å². The second kappa shape index (κ2) is 6.35. The third-order valence-corrected chi connectivity index (χ3v) is 3.59. The van der Waals surface area contributed by atoms with E-state index in [4.69, 9.17) is 9.47 Å². The molecule has 0 saturated carbocycles. The fourth-order valence-electron chi connectivity index (χ4n) is 2.49. The molecule has 0 fully saturated rings. The molecule has 0 aliphatic heterocycles. The van der Waals surface area contributed by atoms with Gasteiger partial charge in [0, 0.05) is 0 Å². The molecule has 0 unspecified atom stereocenters. The fourth-order valence-corrected chi connectivity index (χ4v) is 2.49. The van der Waals surface area contributed by atoms with E-state index in [0.29, 0.717) is 6.61 Å². The largest absolute Gasteiger partial charge is 0.493 e. The van der Waals surface area contributed by atoms with Crippen LogP contribution in [0.1, 0.15) is 0 Å². The molecule has 0 spiro atoms. The minimum absolute atomic E-state index is 0.459. The Bertz CT molecular complexity index is 791. The van der Waals surface area contributed by atoms with Gasteiger partial charge in [-0.15, -0.1) is 0 Å². The number of benzene rings is 3. The molecular weight excluding hydrogens is 272 g/mol. The third kappa shape index (κ3) is 2.82. The second-order valence-electron chi connectivity index (χ2n) is 5.03. The summed E-state index contributed by atoms with van der Waals surface area (Å²) in [4.78, 5) is 0. The molecule has 3 aromatic carbocycles. The van der Waals surface area contributed by atoms with Crippen LogP contribution in [0.5, 0.6) is 11.5 Å². The first-order chi connectivity index (χ1) is 10.8. The summed E-state index contributed by atoms with van der Waals surface area (Å²) in [6.45, 7) is 4.14. The van der Waals surface area contributed by atoms with Crippen molar-refractivity contribution in [2.24, 2.45) is 0 Å². The lowest BCUT2D eigenvalue weighted by atomic mass is 10.0. The van der Waals surface area contributed by atoms with E-state index in [2.05, 4.69) is 36.9 Å². The van der Waals surface area contributed by atoms with Crippen LogP contribution >= 0.6 is 0 Å². The van der Waals surface area contributed by atoms with E-state index in [0.717, 1.165) is 22.3 Å². The van der Waals surface area contributed by atoms with Gasteiger partial charge in [0.1, 0.15) is 6.61 Å². The Kier molecular flexibility index (Phi) is 4.10. The van der Waals surface area contributed by atoms with Gasteiger partial charge in [0.15, 0.2) is 11.5 Å². The van der Waals surface area contributed by atoms with Crippen LogP contribution in [0, 0.1) is 0 Å². The number of hydrogen-bond donors (Lipinski definition) is 0. The SMILES string of the molecule is C=CCOc1cc2cc(-c3ccccc3)ccc2cc1OC. The van der Waals surface area contributed by atoms with Crippen LogP contribution in [-0.4, -0.2) is 13.7 Å². The predicted octanol–water partition coefficient (Wildman–Crippen LogP) is 5.08. The molecule has 2 nitrogen and oxygen atoms in total. The molecule has 0 aromatic heterocycles. The molecule has 0 radical (unpaired) electrons. The van der Waals surface area contributed by atoms with E-state index >= 15 is 0 Å². The molecule has 110 valence electrons. The van der Waals surface area contributed by atoms with Gasteiger partial charge < -0.3 is 9.47 Å². The van der Waals surface area contributed by atoms with Gasteiger partial charge in [0.2, 0.25) is 0 Å². The number of fused-ring (bicyclic) bond motifs is 1. The van der Waals surface area contributed by atoms with Crippen molar-refractivity contribution in [3.63, 3.8) is 0 Å². The van der Waals surface area contributed by atoms with Crippen molar-refractivity contribution in [1.29, 1.82) is 0 Å². The lowest BCUT2D eigenvalue weighted by Crippen LogP contribution is -1.96. The third-order valence-electron chi connectivity index (χ3n) is 3.59. The Labute approximate surface area is 130 Å². The Morgan fingerprint density at radius 3 is 2.36 bits per heavy atom. The zero-order chi connectivity index (χ0) is 15.4. The Morgan fingerprint density at radius 1 is 0.864 bits per heavy atom. The van der Waals surface area contributed by atoms with Crippen molar-refractivity contribution >= 4 is 10.8 Å². The second-order valence-corrected chi connectivity index (χ2v) is 5.03. The van der Waals surface area contributed by atoms with Crippen molar-refractivity contribution in [3.8, 4) is 22.6 Å². The average Bonchev–Trinajstić information content (AvgIpc) is 2.59. The van der Waals surface area contributed by atoms with E-state index in [1.807, 2.05) is 30.3 Å². The highest BCUT2D eigenvalue weighted by Crippen LogP contribution is 2.34. The van der Waals surface area contributed by atoms with Crippen LogP contribution in [0.2, 0.25) is 0 Å². The molecule has 0 N–H and O–H groups in total. The van der Waals surface area contributed by atoms with Crippen molar-refractivity contribution in [2.75, 3.05) is 13.7 Å². The molecule has 0 bridgehead atoms. The number of methoxy groups -OCH3 is 1. The maximum Gasteiger partial charge on any atom is 0.162 e. The molecule has 3 aromatic rings. The van der Waals surface area contributed by atoms with Crippen molar-refractivity contribution in [1.82, 2.24) is 0 Å². The van der Waals surface area contributed by atoms with E-state index in [1.165, 1.54) is 11.1 Å². The number of ether oxygens (including phenoxy) is 2. The minimum Gasteiger partial charge on any atom is -0.493 e. The van der Waals surface area contributed by atoms with Gasteiger partial charge in [-0.05, 0) is 40.1 Å². The molecule has 0 aliphatic carbocycles. The van der Waals surface area contributed by atoms with Gasteiger partial charge in [0.05, 0.1) is 7.11 Å². The standard InChI is InChI=1S/C20H18O2/c1-3-11-22-20-14-18-12-16(15-7-5-4-6-8-15)9-10-17(18)13-19(20)21-2/h3-10,12-14H,1,11H2,2H3. The normalized spacial score (nSPS) is 10.4. The zero-order valence-corrected chi connectivity index (χ0v) is 12.6. The Morgan fingerprint density at radius 2 is 1.64 bits per heavy atom. The van der Waals surface area contributed by atoms with E-state index < -0.39 is 0 Å². The van der Waals surface area contributed by atoms with Gasteiger partial charge in [0.25, 0.3) is 0 Å². The van der Waals surface area contributed by atoms with Crippen LogP contribution in [-0.2, 0) is 0 Å². The first-order valence-corrected chi connectivity index (χ1v) is 7.23. The highest BCUT2D eigenvalue weighted by molar-refractivity contribution is 5.90. The maximum atomic E-state index is 5.69. The zero-order valence-electron chi connectivity index (χ0n) is 12.6. The van der Waals surface area contributed by atoms with Crippen LogP contribution in [0.15, 0.2) is 73.3 Å². The predicted molar refractivity (Wildman–Crippen MR) is 91.6 cm³/mol. The van der Waals surface area contributed by atoms with E-state index in [1.54, 1.807) is 13.2 Å². The summed E-state index contributed by atoms with van der Waals surface area (Å²) in [6, 6.07) is 20.8.